The molecule has 3 heterocycles. The van der Waals surface area contributed by atoms with Crippen molar-refractivity contribution in [1.29, 1.82) is 0 Å². The Morgan fingerprint density at radius 3 is 2.36 bits per heavy atom. The minimum absolute atomic E-state index is 0.00373. The van der Waals surface area contributed by atoms with E-state index in [0.717, 1.165) is 5.56 Å². The number of aromatic nitrogens is 3. The summed E-state index contributed by atoms with van der Waals surface area (Å²) in [6, 6.07) is 8.52. The zero-order chi connectivity index (χ0) is 37.7. The van der Waals surface area contributed by atoms with E-state index in [9.17, 15) is 24.6 Å². The molecule has 19 heteroatoms. The second-order valence-corrected chi connectivity index (χ2v) is 12.4. The number of carbonyl (C=O) groups is 3. The number of benzene rings is 1. The van der Waals surface area contributed by atoms with Crippen LogP contribution in [0.5, 0.6) is 0 Å². The largest absolute Gasteiger partial charge is 0.445 e. The van der Waals surface area contributed by atoms with Gasteiger partial charge >= 0.3 is 6.09 Å². The van der Waals surface area contributed by atoms with Crippen LogP contribution in [-0.4, -0.2) is 152 Å². The Morgan fingerprint density at radius 2 is 1.62 bits per heavy atom. The van der Waals surface area contributed by atoms with Crippen LogP contribution in [0.1, 0.15) is 31.0 Å². The van der Waals surface area contributed by atoms with Gasteiger partial charge in [-0.15, -0.1) is 5.10 Å². The van der Waals surface area contributed by atoms with Gasteiger partial charge in [-0.3, -0.25) is 9.59 Å². The third kappa shape index (κ3) is 14.9. The topological polar surface area (TPSA) is 232 Å². The maximum Gasteiger partial charge on any atom is 0.407 e. The second-order valence-electron chi connectivity index (χ2n) is 12.4. The number of ether oxygens (including phenoxy) is 8. The summed E-state index contributed by atoms with van der Waals surface area (Å²) in [6.07, 6.45) is -1.39. The summed E-state index contributed by atoms with van der Waals surface area (Å²) in [4.78, 5) is 35.1. The number of nitrogens with one attached hydrogen (secondary N) is 3. The molecule has 0 unspecified atom stereocenters. The van der Waals surface area contributed by atoms with Crippen LogP contribution in [0.15, 0.2) is 36.5 Å². The highest BCUT2D eigenvalue weighted by Gasteiger charge is 2.59. The molecule has 53 heavy (non-hydrogen) atoms. The van der Waals surface area contributed by atoms with E-state index >= 15 is 0 Å². The fourth-order valence-corrected chi connectivity index (χ4v) is 5.39. The maximum absolute atomic E-state index is 12.0. The SMILES string of the molecule is CC(=O)N[C@H]1[C@H]2OC[C@](COCCOCCOCCOCCn3cc(COCCNC(=O)CCCNC(=O)OCc4ccccc4)nn3)(O2)[C@H](O)[C@@H]1O. The lowest BCUT2D eigenvalue weighted by Crippen LogP contribution is -2.66. The first-order chi connectivity index (χ1) is 25.8. The number of rotatable bonds is 26. The minimum atomic E-state index is -1.29. The van der Waals surface area contributed by atoms with E-state index in [4.69, 9.17) is 37.9 Å². The van der Waals surface area contributed by atoms with Gasteiger partial charge in [-0.05, 0) is 12.0 Å². The number of amides is 3. The third-order valence-corrected chi connectivity index (χ3v) is 8.13. The molecule has 2 aliphatic rings. The van der Waals surface area contributed by atoms with Crippen LogP contribution in [-0.2, 0) is 67.2 Å². The van der Waals surface area contributed by atoms with Gasteiger partial charge in [0.25, 0.3) is 0 Å². The van der Waals surface area contributed by atoms with E-state index in [1.807, 2.05) is 30.3 Å². The number of aliphatic hydroxyl groups is 2. The molecule has 1 aromatic carbocycles. The smallest absolute Gasteiger partial charge is 0.407 e. The molecule has 3 amide bonds. The Kier molecular flexibility index (Phi) is 18.3. The molecule has 2 bridgehead atoms. The summed E-state index contributed by atoms with van der Waals surface area (Å²) >= 11 is 0. The Balaban J connectivity index is 0.894. The van der Waals surface area contributed by atoms with Crippen LogP contribution in [0.25, 0.3) is 0 Å². The van der Waals surface area contributed by atoms with Gasteiger partial charge < -0.3 is 64.1 Å². The summed E-state index contributed by atoms with van der Waals surface area (Å²) in [6.45, 7) is 5.80. The van der Waals surface area contributed by atoms with Crippen LogP contribution in [0.2, 0.25) is 0 Å². The first-order valence-corrected chi connectivity index (χ1v) is 17.7. The summed E-state index contributed by atoms with van der Waals surface area (Å²) < 4.78 is 45.9. The van der Waals surface area contributed by atoms with Crippen molar-refractivity contribution in [3.05, 3.63) is 47.8 Å². The first-order valence-electron chi connectivity index (χ1n) is 17.7. The predicted octanol–water partition coefficient (Wildman–Crippen LogP) is -0.964. The van der Waals surface area contributed by atoms with E-state index in [1.54, 1.807) is 10.9 Å². The average Bonchev–Trinajstić information content (AvgIpc) is 3.78. The number of hydrogen-bond donors (Lipinski definition) is 5. The lowest BCUT2D eigenvalue weighted by molar-refractivity contribution is -0.238. The zero-order valence-corrected chi connectivity index (χ0v) is 30.0. The van der Waals surface area contributed by atoms with Gasteiger partial charge in [-0.1, -0.05) is 35.5 Å². The van der Waals surface area contributed by atoms with Gasteiger partial charge in [0.2, 0.25) is 11.8 Å². The second kappa shape index (κ2) is 23.1. The lowest BCUT2D eigenvalue weighted by atomic mass is 9.88. The van der Waals surface area contributed by atoms with E-state index in [-0.39, 0.29) is 51.3 Å². The van der Waals surface area contributed by atoms with E-state index in [2.05, 4.69) is 26.3 Å². The molecule has 1 aromatic heterocycles. The predicted molar refractivity (Wildman–Crippen MR) is 183 cm³/mol. The highest BCUT2D eigenvalue weighted by Crippen LogP contribution is 2.37. The van der Waals surface area contributed by atoms with Gasteiger partial charge in [-0.2, -0.15) is 0 Å². The molecule has 2 saturated heterocycles. The van der Waals surface area contributed by atoms with Gasteiger partial charge in [0.15, 0.2) is 6.29 Å². The van der Waals surface area contributed by atoms with Crippen molar-refractivity contribution >= 4 is 17.9 Å². The molecule has 296 valence electrons. The Bertz CT molecular complexity index is 1370. The van der Waals surface area contributed by atoms with Crippen LogP contribution < -0.4 is 16.0 Å². The van der Waals surface area contributed by atoms with Crippen LogP contribution in [0.4, 0.5) is 4.79 Å². The quantitative estimate of drug-likeness (QED) is 0.0729. The normalized spacial score (nSPS) is 22.0. The van der Waals surface area contributed by atoms with Crippen molar-refractivity contribution in [2.45, 2.75) is 69.7 Å². The van der Waals surface area contributed by atoms with Crippen molar-refractivity contribution < 1.29 is 62.5 Å². The van der Waals surface area contributed by atoms with Crippen LogP contribution in [0, 0.1) is 0 Å². The molecule has 4 rings (SSSR count). The molecule has 5 N–H and O–H groups in total. The summed E-state index contributed by atoms with van der Waals surface area (Å²) in [5.41, 5.74) is 0.352. The Morgan fingerprint density at radius 1 is 0.906 bits per heavy atom. The summed E-state index contributed by atoms with van der Waals surface area (Å²) in [5.74, 6) is -0.493. The zero-order valence-electron chi connectivity index (χ0n) is 30.0. The molecule has 0 aliphatic carbocycles. The van der Waals surface area contributed by atoms with E-state index in [1.165, 1.54) is 6.92 Å². The number of nitrogens with zero attached hydrogens (tertiary/aromatic N) is 3. The molecule has 5 atom stereocenters. The molecule has 2 fully saturated rings. The van der Waals surface area contributed by atoms with Gasteiger partial charge in [0.05, 0.1) is 85.4 Å². The van der Waals surface area contributed by atoms with Crippen molar-refractivity contribution in [1.82, 2.24) is 30.9 Å². The maximum atomic E-state index is 12.0. The molecule has 2 aliphatic heterocycles. The highest BCUT2D eigenvalue weighted by molar-refractivity contribution is 5.76. The monoisotopic (exact) mass is 752 g/mol. The van der Waals surface area contributed by atoms with Gasteiger partial charge in [0.1, 0.15) is 36.2 Å². The molecule has 0 radical (unpaired) electrons. The number of carbonyl (C=O) groups excluding carboxylic acids is 3. The Labute approximate surface area is 307 Å². The van der Waals surface area contributed by atoms with Gasteiger partial charge in [-0.25, -0.2) is 9.48 Å². The summed E-state index contributed by atoms with van der Waals surface area (Å²) in [7, 11) is 0. The van der Waals surface area contributed by atoms with Crippen molar-refractivity contribution in [3.8, 4) is 0 Å². The Hall–Kier alpha value is -3.79. The lowest BCUT2D eigenvalue weighted by Gasteiger charge is -2.42. The number of aliphatic hydroxyl groups excluding tert-OH is 2. The fourth-order valence-electron chi connectivity index (χ4n) is 5.39. The minimum Gasteiger partial charge on any atom is -0.445 e. The van der Waals surface area contributed by atoms with Crippen LogP contribution in [0.3, 0.4) is 0 Å². The molecule has 0 saturated carbocycles. The standard InChI is InChI=1S/C34H52N6O13/c1-25(41)37-29-30(43)31(44)34(24-52-32(29)53-34)23-50-19-18-48-17-16-47-15-14-46-13-11-40-20-27(38-39-40)22-49-12-10-35-28(42)8-5-9-36-33(45)51-21-26-6-3-2-4-7-26/h2-4,6-7,20,29-32,43-44H,5,8-19,21-24H2,1H3,(H,35,42)(H,36,45)(H,37,41)/t29-,30-,31-,32+,34+/m1/s1. The number of alkyl carbamates (subject to hydrolysis) is 1. The first kappa shape index (κ1) is 42.0. The number of hydrogen-bond acceptors (Lipinski definition) is 15. The third-order valence-electron chi connectivity index (χ3n) is 8.13. The van der Waals surface area contributed by atoms with Crippen molar-refractivity contribution in [3.63, 3.8) is 0 Å². The van der Waals surface area contributed by atoms with E-state index in [0.29, 0.717) is 78.0 Å². The molecule has 0 spiro atoms. The molecular weight excluding hydrogens is 700 g/mol. The molecule has 2 aromatic rings. The number of fused-ring (bicyclic) bond motifs is 2. The van der Waals surface area contributed by atoms with Crippen LogP contribution >= 0.6 is 0 Å². The fraction of sp³-hybridized carbons (Fsp3) is 0.676. The highest BCUT2D eigenvalue weighted by atomic mass is 16.8. The van der Waals surface area contributed by atoms with E-state index < -0.39 is 36.2 Å². The average molecular weight is 753 g/mol. The van der Waals surface area contributed by atoms with Crippen molar-refractivity contribution in [2.75, 3.05) is 79.2 Å². The van der Waals surface area contributed by atoms with Crippen molar-refractivity contribution in [2.24, 2.45) is 0 Å². The summed E-state index contributed by atoms with van der Waals surface area (Å²) in [5, 5.41) is 37.1. The molecular formula is C34H52N6O13. The molecule has 19 nitrogen and oxygen atoms in total. The van der Waals surface area contributed by atoms with Gasteiger partial charge in [0, 0.05) is 26.4 Å².